The van der Waals surface area contributed by atoms with Crippen molar-refractivity contribution in [2.75, 3.05) is 0 Å². The van der Waals surface area contributed by atoms with Crippen LogP contribution in [0.5, 0.6) is 0 Å². The van der Waals surface area contributed by atoms with Gasteiger partial charge in [0.2, 0.25) is 0 Å². The topological polar surface area (TPSA) is 23.0 Å². The molecular formula is C48H30N2O. The number of fused-ring (bicyclic) bond motifs is 10. The van der Waals surface area contributed by atoms with Crippen molar-refractivity contribution in [3.8, 4) is 33.6 Å². The lowest BCUT2D eigenvalue weighted by molar-refractivity contribution is 0.669. The highest BCUT2D eigenvalue weighted by molar-refractivity contribution is 6.27. The van der Waals surface area contributed by atoms with Crippen molar-refractivity contribution in [2.45, 2.75) is 0 Å². The number of aromatic nitrogens is 2. The first-order valence-corrected chi connectivity index (χ1v) is 17.4. The highest BCUT2D eigenvalue weighted by Gasteiger charge is 2.20. The largest absolute Gasteiger partial charge is 0.456 e. The molecule has 51 heavy (non-hydrogen) atoms. The molecule has 0 spiro atoms. The lowest BCUT2D eigenvalue weighted by atomic mass is 9.99. The smallest absolute Gasteiger partial charge is 0.136 e. The van der Waals surface area contributed by atoms with Gasteiger partial charge in [-0.25, -0.2) is 0 Å². The first-order chi connectivity index (χ1) is 25.3. The van der Waals surface area contributed by atoms with E-state index in [0.29, 0.717) is 0 Å². The number of nitrogens with zero attached hydrogens (tertiary/aromatic N) is 2. The highest BCUT2D eigenvalue weighted by atomic mass is 16.3. The number of benzene rings is 8. The van der Waals surface area contributed by atoms with Gasteiger partial charge in [0, 0.05) is 43.7 Å². The molecule has 11 aromatic rings. The Hall–Kier alpha value is -6.84. The van der Waals surface area contributed by atoms with Gasteiger partial charge < -0.3 is 13.6 Å². The first-order valence-electron chi connectivity index (χ1n) is 17.4. The Labute approximate surface area is 293 Å². The van der Waals surface area contributed by atoms with Crippen LogP contribution in [0.2, 0.25) is 0 Å². The number of hydrogen-bond acceptors (Lipinski definition) is 1. The average Bonchev–Trinajstić information content (AvgIpc) is 3.85. The molecule has 3 nitrogen and oxygen atoms in total. The maximum Gasteiger partial charge on any atom is 0.136 e. The Kier molecular flexibility index (Phi) is 5.96. The number of furan rings is 1. The van der Waals surface area contributed by atoms with Crippen LogP contribution in [0.1, 0.15) is 0 Å². The van der Waals surface area contributed by atoms with Crippen molar-refractivity contribution in [1.82, 2.24) is 9.13 Å². The van der Waals surface area contributed by atoms with Crippen molar-refractivity contribution in [2.24, 2.45) is 0 Å². The minimum Gasteiger partial charge on any atom is -0.456 e. The molecule has 0 aliphatic carbocycles. The average molecular weight is 651 g/mol. The fourth-order valence-electron chi connectivity index (χ4n) is 8.25. The van der Waals surface area contributed by atoms with Crippen molar-refractivity contribution >= 4 is 65.6 Å². The molecule has 0 saturated heterocycles. The lowest BCUT2D eigenvalue weighted by Gasteiger charge is -2.11. The van der Waals surface area contributed by atoms with E-state index in [1.54, 1.807) is 0 Å². The molecule has 3 heteroatoms. The van der Waals surface area contributed by atoms with Crippen molar-refractivity contribution in [3.05, 3.63) is 182 Å². The fourth-order valence-corrected chi connectivity index (χ4v) is 8.25. The third kappa shape index (κ3) is 4.19. The standard InChI is InChI=1S/C48H30N2O/c1-3-12-31(13-4-1)32-14-11-17-36(28-32)50-43-25-23-34(30-40(43)47-44(50)26-27-46-48(47)38-19-8-10-21-45(38)51-46)33-22-24-42-39(29-33)37-18-7-9-20-41(37)49(42)35-15-5-2-6-16-35/h1-30H. The Morgan fingerprint density at radius 2 is 0.863 bits per heavy atom. The normalized spacial score (nSPS) is 11.9. The molecule has 0 unspecified atom stereocenters. The van der Waals surface area contributed by atoms with Gasteiger partial charge >= 0.3 is 0 Å². The van der Waals surface area contributed by atoms with Gasteiger partial charge in [-0.1, -0.05) is 109 Å². The van der Waals surface area contributed by atoms with E-state index in [4.69, 9.17) is 4.42 Å². The summed E-state index contributed by atoms with van der Waals surface area (Å²) in [7, 11) is 0. The molecule has 0 bridgehead atoms. The van der Waals surface area contributed by atoms with Gasteiger partial charge in [0.1, 0.15) is 11.2 Å². The molecule has 0 saturated carbocycles. The number of hydrogen-bond donors (Lipinski definition) is 0. The molecule has 0 aliphatic rings. The first kappa shape index (κ1) is 28.0. The minimum atomic E-state index is 0.904. The third-order valence-electron chi connectivity index (χ3n) is 10.5. The third-order valence-corrected chi connectivity index (χ3v) is 10.5. The zero-order valence-corrected chi connectivity index (χ0v) is 27.6. The van der Waals surface area contributed by atoms with Gasteiger partial charge in [-0.05, 0) is 95.1 Å². The van der Waals surface area contributed by atoms with Crippen LogP contribution in [-0.2, 0) is 0 Å². The molecule has 3 heterocycles. The van der Waals surface area contributed by atoms with Crippen molar-refractivity contribution in [1.29, 1.82) is 0 Å². The van der Waals surface area contributed by atoms with Gasteiger partial charge in [-0.3, -0.25) is 0 Å². The van der Waals surface area contributed by atoms with Crippen LogP contribution in [0, 0.1) is 0 Å². The van der Waals surface area contributed by atoms with Crippen LogP contribution in [0.4, 0.5) is 0 Å². The Balaban J connectivity index is 1.18. The lowest BCUT2D eigenvalue weighted by Crippen LogP contribution is -1.94. The second-order valence-corrected chi connectivity index (χ2v) is 13.3. The molecule has 0 radical (unpaired) electrons. The minimum absolute atomic E-state index is 0.904. The van der Waals surface area contributed by atoms with Gasteiger partial charge in [-0.2, -0.15) is 0 Å². The van der Waals surface area contributed by atoms with Crippen LogP contribution < -0.4 is 0 Å². The summed E-state index contributed by atoms with van der Waals surface area (Å²) in [5.41, 5.74) is 13.6. The van der Waals surface area contributed by atoms with Crippen LogP contribution in [-0.4, -0.2) is 9.13 Å². The molecule has 3 aromatic heterocycles. The zero-order chi connectivity index (χ0) is 33.5. The molecule has 0 fully saturated rings. The molecule has 8 aromatic carbocycles. The monoisotopic (exact) mass is 650 g/mol. The molecule has 0 amide bonds. The maximum absolute atomic E-state index is 6.43. The maximum atomic E-state index is 6.43. The van der Waals surface area contributed by atoms with E-state index in [0.717, 1.165) is 33.1 Å². The SMILES string of the molecule is c1ccc(-c2cccc(-n3c4ccc(-c5ccc6c(c5)c5ccccc5n6-c5ccccc5)cc4c4c5c(ccc43)oc3ccccc35)c2)cc1. The Morgan fingerprint density at radius 1 is 0.294 bits per heavy atom. The van der Waals surface area contributed by atoms with E-state index in [2.05, 4.69) is 185 Å². The second-order valence-electron chi connectivity index (χ2n) is 13.3. The van der Waals surface area contributed by atoms with Crippen LogP contribution in [0.3, 0.4) is 0 Å². The van der Waals surface area contributed by atoms with E-state index in [1.165, 1.54) is 66.0 Å². The van der Waals surface area contributed by atoms with E-state index in [9.17, 15) is 0 Å². The Bertz CT molecular complexity index is 3130. The molecule has 238 valence electrons. The summed E-state index contributed by atoms with van der Waals surface area (Å²) in [6.45, 7) is 0. The Morgan fingerprint density at radius 3 is 1.69 bits per heavy atom. The van der Waals surface area contributed by atoms with Crippen LogP contribution >= 0.6 is 0 Å². The summed E-state index contributed by atoms with van der Waals surface area (Å²) in [5, 5.41) is 7.20. The van der Waals surface area contributed by atoms with Gasteiger partial charge in [-0.15, -0.1) is 0 Å². The summed E-state index contributed by atoms with van der Waals surface area (Å²) in [5.74, 6) is 0. The fraction of sp³-hybridized carbons (Fsp3) is 0. The van der Waals surface area contributed by atoms with E-state index >= 15 is 0 Å². The van der Waals surface area contributed by atoms with Crippen LogP contribution in [0.15, 0.2) is 186 Å². The van der Waals surface area contributed by atoms with Gasteiger partial charge in [0.15, 0.2) is 0 Å². The van der Waals surface area contributed by atoms with E-state index in [-0.39, 0.29) is 0 Å². The zero-order valence-electron chi connectivity index (χ0n) is 27.6. The summed E-state index contributed by atoms with van der Waals surface area (Å²) in [6.07, 6.45) is 0. The summed E-state index contributed by atoms with van der Waals surface area (Å²) >= 11 is 0. The van der Waals surface area contributed by atoms with E-state index < -0.39 is 0 Å². The molecule has 0 aliphatic heterocycles. The summed E-state index contributed by atoms with van der Waals surface area (Å²) in [6, 6.07) is 65.5. The summed E-state index contributed by atoms with van der Waals surface area (Å²) < 4.78 is 11.2. The van der Waals surface area contributed by atoms with Crippen molar-refractivity contribution in [3.63, 3.8) is 0 Å². The molecule has 11 rings (SSSR count). The van der Waals surface area contributed by atoms with Crippen LogP contribution in [0.25, 0.3) is 99.2 Å². The number of para-hydroxylation sites is 3. The number of rotatable bonds is 4. The van der Waals surface area contributed by atoms with Crippen molar-refractivity contribution < 1.29 is 4.42 Å². The highest BCUT2D eigenvalue weighted by Crippen LogP contribution is 2.43. The quantitative estimate of drug-likeness (QED) is 0.186. The molecular weight excluding hydrogens is 621 g/mol. The molecule has 0 atom stereocenters. The summed E-state index contributed by atoms with van der Waals surface area (Å²) in [4.78, 5) is 0. The molecule has 0 N–H and O–H groups in total. The van der Waals surface area contributed by atoms with Gasteiger partial charge in [0.05, 0.1) is 22.1 Å². The predicted octanol–water partition coefficient (Wildman–Crippen LogP) is 13.1. The predicted molar refractivity (Wildman–Crippen MR) is 213 cm³/mol. The van der Waals surface area contributed by atoms with E-state index in [1.807, 2.05) is 6.07 Å². The second kappa shape index (κ2) is 10.8. The van der Waals surface area contributed by atoms with Gasteiger partial charge in [0.25, 0.3) is 0 Å².